The summed E-state index contributed by atoms with van der Waals surface area (Å²) in [4.78, 5) is 12.5. The molecule has 0 aromatic heterocycles. The largest absolute Gasteiger partial charge is 0.352 e. The van der Waals surface area contributed by atoms with Crippen LogP contribution in [0.5, 0.6) is 0 Å². The Balaban J connectivity index is 1.87. The first-order valence-corrected chi connectivity index (χ1v) is 8.73. The average molecular weight is 349 g/mol. The summed E-state index contributed by atoms with van der Waals surface area (Å²) in [5.74, 6) is -2.84. The van der Waals surface area contributed by atoms with Gasteiger partial charge >= 0.3 is 0 Å². The maximum Gasteiger partial charge on any atom is 0.288 e. The highest BCUT2D eigenvalue weighted by Crippen LogP contribution is 2.28. The molecule has 0 spiro atoms. The van der Waals surface area contributed by atoms with Gasteiger partial charge in [-0.25, -0.2) is 0 Å². The van der Waals surface area contributed by atoms with Crippen LogP contribution in [-0.2, 0) is 6.42 Å². The van der Waals surface area contributed by atoms with Gasteiger partial charge in [0, 0.05) is 11.4 Å². The highest BCUT2D eigenvalue weighted by atomic mass is 32.2. The molecule has 0 aliphatic carbocycles. The zero-order valence-electron chi connectivity index (χ0n) is 13.8. The summed E-state index contributed by atoms with van der Waals surface area (Å²) in [7, 11) is 0. The summed E-state index contributed by atoms with van der Waals surface area (Å²) in [6.45, 7) is 4.66. The van der Waals surface area contributed by atoms with Gasteiger partial charge in [0.15, 0.2) is 0 Å². The van der Waals surface area contributed by atoms with Gasteiger partial charge in [0.2, 0.25) is 0 Å². The number of thioether (sulfide) groups is 1. The van der Waals surface area contributed by atoms with Gasteiger partial charge in [-0.05, 0) is 49.9 Å². The third kappa shape index (κ3) is 5.34. The van der Waals surface area contributed by atoms with Crippen molar-refractivity contribution in [3.8, 4) is 0 Å². The van der Waals surface area contributed by atoms with Crippen molar-refractivity contribution in [2.24, 2.45) is 0 Å². The summed E-state index contributed by atoms with van der Waals surface area (Å²) in [6, 6.07) is 12.8. The number of hydrogen-bond donors (Lipinski definition) is 1. The van der Waals surface area contributed by atoms with E-state index in [0.717, 1.165) is 12.8 Å². The zero-order valence-corrected chi connectivity index (χ0v) is 14.6. The second-order valence-electron chi connectivity index (χ2n) is 5.66. The quantitative estimate of drug-likeness (QED) is 0.564. The van der Waals surface area contributed by atoms with E-state index < -0.39 is 5.76 Å². The minimum absolute atomic E-state index is 0.300. The first kappa shape index (κ1) is 18.5. The van der Waals surface area contributed by atoms with E-state index >= 15 is 0 Å². The lowest BCUT2D eigenvalue weighted by atomic mass is 10.0. The maximum atomic E-state index is 12.6. The Hall–Kier alpha value is -1.88. The fourth-order valence-electron chi connectivity index (χ4n) is 2.56. The number of rotatable bonds is 7. The number of carbonyl (C=O) groups excluding carboxylic acids is 1. The lowest BCUT2D eigenvalue weighted by molar-refractivity contribution is 0.0950. The molecule has 0 bridgehead atoms. The summed E-state index contributed by atoms with van der Waals surface area (Å²) in [5, 5.41) is 2.82. The monoisotopic (exact) mass is 349 g/mol. The highest BCUT2D eigenvalue weighted by molar-refractivity contribution is 7.99. The van der Waals surface area contributed by atoms with Crippen molar-refractivity contribution in [3.63, 3.8) is 0 Å². The van der Waals surface area contributed by atoms with Crippen LogP contribution in [0.25, 0.3) is 0 Å². The number of hydrogen-bond acceptors (Lipinski definition) is 2. The lowest BCUT2D eigenvalue weighted by Gasteiger charge is -2.10. The van der Waals surface area contributed by atoms with Crippen LogP contribution in [0.4, 0.5) is 8.78 Å². The molecule has 0 radical (unpaired) electrons. The molecule has 128 valence electrons. The molecular formula is C19H21F2NOS. The minimum atomic E-state index is -2.54. The standard InChI is InChI=1S/C19H21F2NOS/c1-13-9-10-15(14(2)12-13)6-5-11-22-18(23)16-7-3-4-8-17(16)24-19(20)21/h3-4,7-10,12,19H,5-6,11H2,1-2H3,(H,22,23). The van der Waals surface area contributed by atoms with Crippen LogP contribution in [-0.4, -0.2) is 18.2 Å². The zero-order chi connectivity index (χ0) is 17.5. The first-order chi connectivity index (χ1) is 11.5. The van der Waals surface area contributed by atoms with Crippen molar-refractivity contribution in [1.82, 2.24) is 5.32 Å². The van der Waals surface area contributed by atoms with E-state index in [1.54, 1.807) is 24.3 Å². The minimum Gasteiger partial charge on any atom is -0.352 e. The fourth-order valence-corrected chi connectivity index (χ4v) is 3.19. The predicted molar refractivity (Wildman–Crippen MR) is 94.9 cm³/mol. The Bertz CT molecular complexity index is 704. The van der Waals surface area contributed by atoms with Crippen LogP contribution in [0.15, 0.2) is 47.4 Å². The number of nitrogens with one attached hydrogen (secondary N) is 1. The SMILES string of the molecule is Cc1ccc(CCCNC(=O)c2ccccc2SC(F)F)c(C)c1. The van der Waals surface area contributed by atoms with Crippen molar-refractivity contribution < 1.29 is 13.6 Å². The molecule has 0 atom stereocenters. The smallest absolute Gasteiger partial charge is 0.288 e. The topological polar surface area (TPSA) is 29.1 Å². The predicted octanol–water partition coefficient (Wildman–Crippen LogP) is 4.98. The molecular weight excluding hydrogens is 328 g/mol. The van der Waals surface area contributed by atoms with Gasteiger partial charge in [-0.15, -0.1) is 0 Å². The van der Waals surface area contributed by atoms with E-state index in [2.05, 4.69) is 37.4 Å². The molecule has 2 nitrogen and oxygen atoms in total. The number of alkyl halides is 2. The van der Waals surface area contributed by atoms with E-state index in [-0.39, 0.29) is 5.91 Å². The van der Waals surface area contributed by atoms with E-state index in [1.807, 2.05) is 0 Å². The molecule has 2 aromatic rings. The Morgan fingerprint density at radius 3 is 2.62 bits per heavy atom. The molecule has 0 saturated heterocycles. The van der Waals surface area contributed by atoms with Crippen LogP contribution < -0.4 is 5.32 Å². The molecule has 0 fully saturated rings. The molecule has 0 saturated carbocycles. The van der Waals surface area contributed by atoms with E-state index in [4.69, 9.17) is 0 Å². The van der Waals surface area contributed by atoms with Gasteiger partial charge in [0.1, 0.15) is 0 Å². The number of amides is 1. The molecule has 5 heteroatoms. The average Bonchev–Trinajstić information content (AvgIpc) is 2.53. The Morgan fingerprint density at radius 2 is 1.92 bits per heavy atom. The van der Waals surface area contributed by atoms with Crippen molar-refractivity contribution in [2.75, 3.05) is 6.54 Å². The molecule has 0 heterocycles. The van der Waals surface area contributed by atoms with Crippen LogP contribution >= 0.6 is 11.8 Å². The van der Waals surface area contributed by atoms with Crippen molar-refractivity contribution in [2.45, 2.75) is 37.3 Å². The van der Waals surface area contributed by atoms with E-state index in [1.165, 1.54) is 16.7 Å². The third-order valence-corrected chi connectivity index (χ3v) is 4.54. The summed E-state index contributed by atoms with van der Waals surface area (Å²) in [5.41, 5.74) is 4.05. The van der Waals surface area contributed by atoms with Crippen molar-refractivity contribution in [1.29, 1.82) is 0 Å². The molecule has 1 amide bonds. The van der Waals surface area contributed by atoms with Crippen LogP contribution in [0.1, 0.15) is 33.5 Å². The van der Waals surface area contributed by atoms with Crippen LogP contribution in [0.3, 0.4) is 0 Å². The Labute approximate surface area is 145 Å². The fraction of sp³-hybridized carbons (Fsp3) is 0.316. The van der Waals surface area contributed by atoms with E-state index in [9.17, 15) is 13.6 Å². The van der Waals surface area contributed by atoms with Gasteiger partial charge in [0.25, 0.3) is 11.7 Å². The number of aryl methyl sites for hydroxylation is 3. The van der Waals surface area contributed by atoms with Gasteiger partial charge in [-0.1, -0.05) is 47.7 Å². The van der Waals surface area contributed by atoms with Crippen LogP contribution in [0, 0.1) is 13.8 Å². The second kappa shape index (κ2) is 8.83. The maximum absolute atomic E-state index is 12.6. The number of carbonyl (C=O) groups is 1. The van der Waals surface area contributed by atoms with Gasteiger partial charge in [-0.2, -0.15) is 8.78 Å². The molecule has 1 N–H and O–H groups in total. The molecule has 2 aromatic carbocycles. The summed E-state index contributed by atoms with van der Waals surface area (Å²) in [6.07, 6.45) is 1.68. The summed E-state index contributed by atoms with van der Waals surface area (Å²) < 4.78 is 25.1. The summed E-state index contributed by atoms with van der Waals surface area (Å²) >= 11 is 0.399. The molecule has 0 unspecified atom stereocenters. The number of halogens is 2. The first-order valence-electron chi connectivity index (χ1n) is 7.85. The van der Waals surface area contributed by atoms with E-state index in [0.29, 0.717) is 28.8 Å². The highest BCUT2D eigenvalue weighted by Gasteiger charge is 2.14. The molecule has 0 aliphatic rings. The molecule has 24 heavy (non-hydrogen) atoms. The normalized spacial score (nSPS) is 10.9. The molecule has 2 rings (SSSR count). The van der Waals surface area contributed by atoms with Crippen LogP contribution in [0.2, 0.25) is 0 Å². The lowest BCUT2D eigenvalue weighted by Crippen LogP contribution is -2.25. The van der Waals surface area contributed by atoms with Gasteiger partial charge in [0.05, 0.1) is 5.56 Å². The van der Waals surface area contributed by atoms with Gasteiger partial charge < -0.3 is 5.32 Å². The van der Waals surface area contributed by atoms with Crippen molar-refractivity contribution >= 4 is 17.7 Å². The Kier molecular flexibility index (Phi) is 6.79. The number of benzene rings is 2. The second-order valence-corrected chi connectivity index (χ2v) is 6.70. The van der Waals surface area contributed by atoms with Crippen molar-refractivity contribution in [3.05, 3.63) is 64.7 Å². The van der Waals surface area contributed by atoms with Gasteiger partial charge in [-0.3, -0.25) is 4.79 Å². The third-order valence-electron chi connectivity index (χ3n) is 3.75. The Morgan fingerprint density at radius 1 is 1.17 bits per heavy atom. The molecule has 0 aliphatic heterocycles.